The minimum Gasteiger partial charge on any atom is -0.497 e. The molecule has 1 saturated heterocycles. The van der Waals surface area contributed by atoms with Crippen LogP contribution >= 0.6 is 11.8 Å². The van der Waals surface area contributed by atoms with Crippen LogP contribution in [0.4, 0.5) is 5.82 Å². The lowest BCUT2D eigenvalue weighted by Gasteiger charge is -2.22. The summed E-state index contributed by atoms with van der Waals surface area (Å²) in [5.41, 5.74) is 7.53. The van der Waals surface area contributed by atoms with Crippen LogP contribution in [0.15, 0.2) is 29.3 Å². The average Bonchev–Trinajstić information content (AvgIpc) is 3.22. The van der Waals surface area contributed by atoms with Crippen LogP contribution in [-0.2, 0) is 11.2 Å². The van der Waals surface area contributed by atoms with E-state index in [-0.39, 0.29) is 5.56 Å². The molecule has 1 amide bonds. The Morgan fingerprint density at radius 2 is 2.03 bits per heavy atom. The summed E-state index contributed by atoms with van der Waals surface area (Å²) < 4.78 is 5.17. The minimum absolute atomic E-state index is 0.271. The Hall–Kier alpha value is -3.27. The Bertz CT molecular complexity index is 1060. The summed E-state index contributed by atoms with van der Waals surface area (Å²) in [7, 11) is 1.55. The second kappa shape index (κ2) is 9.69. The number of amides is 1. The van der Waals surface area contributed by atoms with Gasteiger partial charge in [0.15, 0.2) is 0 Å². The summed E-state index contributed by atoms with van der Waals surface area (Å²) >= 11 is 1.09. The summed E-state index contributed by atoms with van der Waals surface area (Å²) in [5, 5.41) is 29.1. The van der Waals surface area contributed by atoms with E-state index in [2.05, 4.69) is 17.1 Å². The largest absolute Gasteiger partial charge is 0.497 e. The van der Waals surface area contributed by atoms with E-state index >= 15 is 0 Å². The highest BCUT2D eigenvalue weighted by atomic mass is 32.2. The highest BCUT2D eigenvalue weighted by Gasteiger charge is 2.30. The monoisotopic (exact) mass is 437 g/mol. The first-order valence-corrected chi connectivity index (χ1v) is 10.7. The number of aromatic nitrogens is 1. The van der Waals surface area contributed by atoms with E-state index in [4.69, 9.17) is 10.5 Å². The third-order valence-electron chi connectivity index (χ3n) is 5.19. The molecule has 1 aliphatic heterocycles. The van der Waals surface area contributed by atoms with Gasteiger partial charge in [0.05, 0.1) is 24.3 Å². The molecule has 0 radical (unpaired) electrons. The number of nitrogens with zero attached hydrogens (tertiary/aromatic N) is 4. The van der Waals surface area contributed by atoms with E-state index in [1.54, 1.807) is 31.4 Å². The number of aliphatic hydroxyl groups excluding tert-OH is 1. The number of benzene rings is 1. The summed E-state index contributed by atoms with van der Waals surface area (Å²) in [6.45, 7) is 2.78. The molecule has 0 spiro atoms. The number of nitrogens with two attached hydrogens (primary N) is 1. The zero-order chi connectivity index (χ0) is 22.5. The van der Waals surface area contributed by atoms with Crippen molar-refractivity contribution in [3.63, 3.8) is 0 Å². The van der Waals surface area contributed by atoms with Gasteiger partial charge in [-0.25, -0.2) is 4.98 Å². The summed E-state index contributed by atoms with van der Waals surface area (Å²) in [5.74, 6) is 0.506. The van der Waals surface area contributed by atoms with Crippen LogP contribution in [0.2, 0.25) is 0 Å². The van der Waals surface area contributed by atoms with Gasteiger partial charge < -0.3 is 20.5 Å². The number of rotatable bonds is 7. The fourth-order valence-corrected chi connectivity index (χ4v) is 4.67. The molecule has 2 heterocycles. The molecule has 2 aromatic rings. The molecule has 2 unspecified atom stereocenters. The lowest BCUT2D eigenvalue weighted by molar-refractivity contribution is -0.117. The van der Waals surface area contributed by atoms with Gasteiger partial charge in [-0.15, -0.1) is 0 Å². The Labute approximate surface area is 185 Å². The molecule has 0 aliphatic carbocycles. The molecule has 2 atom stereocenters. The number of primary amides is 1. The Morgan fingerprint density at radius 3 is 2.52 bits per heavy atom. The molecule has 3 rings (SSSR count). The van der Waals surface area contributed by atoms with Crippen molar-refractivity contribution in [3.05, 3.63) is 46.5 Å². The van der Waals surface area contributed by atoms with Crippen molar-refractivity contribution in [2.75, 3.05) is 25.1 Å². The van der Waals surface area contributed by atoms with Crippen LogP contribution in [0.3, 0.4) is 0 Å². The molecular weight excluding hydrogens is 414 g/mol. The third-order valence-corrected chi connectivity index (χ3v) is 6.45. The smallest absolute Gasteiger partial charge is 0.235 e. The number of thioether (sulfide) groups is 1. The first-order chi connectivity index (χ1) is 14.9. The van der Waals surface area contributed by atoms with E-state index in [0.29, 0.717) is 59.2 Å². The Morgan fingerprint density at radius 1 is 1.35 bits per heavy atom. The van der Waals surface area contributed by atoms with Crippen LogP contribution in [0.1, 0.15) is 40.8 Å². The number of hydrogen-bond donors (Lipinski definition) is 2. The molecule has 160 valence electrons. The minimum atomic E-state index is -0.778. The van der Waals surface area contributed by atoms with E-state index in [9.17, 15) is 20.4 Å². The molecule has 1 aromatic carbocycles. The fourth-order valence-electron chi connectivity index (χ4n) is 3.61. The second-order valence-corrected chi connectivity index (χ2v) is 8.20. The number of carbonyl (C=O) groups is 1. The summed E-state index contributed by atoms with van der Waals surface area (Å²) in [6, 6.07) is 11.3. The number of ether oxygens (including phenoxy) is 1. The molecule has 0 saturated carbocycles. The quantitative estimate of drug-likeness (QED) is 0.630. The molecule has 3 N–H and O–H groups in total. The van der Waals surface area contributed by atoms with Crippen molar-refractivity contribution >= 4 is 23.5 Å². The van der Waals surface area contributed by atoms with Crippen molar-refractivity contribution in [1.82, 2.24) is 4.98 Å². The maximum atomic E-state index is 12.3. The predicted octanol–water partition coefficient (Wildman–Crippen LogP) is 2.29. The van der Waals surface area contributed by atoms with Gasteiger partial charge in [0, 0.05) is 13.1 Å². The van der Waals surface area contributed by atoms with Gasteiger partial charge >= 0.3 is 0 Å². The Balaban J connectivity index is 2.10. The van der Waals surface area contributed by atoms with Crippen LogP contribution < -0.4 is 15.4 Å². The number of hydrogen-bond acceptors (Lipinski definition) is 8. The number of carbonyl (C=O) groups excluding carboxylic acids is 1. The summed E-state index contributed by atoms with van der Waals surface area (Å²) in [4.78, 5) is 18.8. The number of aliphatic hydroxyl groups is 1. The van der Waals surface area contributed by atoms with E-state index in [0.717, 1.165) is 11.8 Å². The molecule has 1 fully saturated rings. The second-order valence-electron chi connectivity index (χ2n) is 7.11. The lowest BCUT2D eigenvalue weighted by Crippen LogP contribution is -2.25. The van der Waals surface area contributed by atoms with Gasteiger partial charge in [-0.1, -0.05) is 30.8 Å². The molecule has 1 aromatic heterocycles. The standard InChI is InChI=1S/C22H23N5O3S/c1-3-16-17(10-23)21(27-9-8-14(28)12-27)26-22(18(16)11-24)31-19(20(25)29)13-4-6-15(30-2)7-5-13/h4-7,14,19,28H,3,8-9,12H2,1-2H3,(H2,25,29). The lowest BCUT2D eigenvalue weighted by atomic mass is 10.0. The maximum absolute atomic E-state index is 12.3. The van der Waals surface area contributed by atoms with Crippen molar-refractivity contribution in [2.24, 2.45) is 5.73 Å². The fraction of sp³-hybridized carbons (Fsp3) is 0.364. The number of methoxy groups -OCH3 is 1. The van der Waals surface area contributed by atoms with Crippen LogP contribution in [-0.4, -0.2) is 42.3 Å². The van der Waals surface area contributed by atoms with Crippen molar-refractivity contribution in [2.45, 2.75) is 36.1 Å². The molecule has 8 nitrogen and oxygen atoms in total. The van der Waals surface area contributed by atoms with Gasteiger partial charge in [0.25, 0.3) is 0 Å². The van der Waals surface area contributed by atoms with Crippen LogP contribution in [0.5, 0.6) is 5.75 Å². The highest BCUT2D eigenvalue weighted by Crippen LogP contribution is 2.40. The van der Waals surface area contributed by atoms with E-state index in [1.807, 2.05) is 11.8 Å². The SMILES string of the molecule is CCc1c(C#N)c(SC(C(N)=O)c2ccc(OC)cc2)nc(N2CCC(O)C2)c1C#N. The molecule has 9 heteroatoms. The predicted molar refractivity (Wildman–Crippen MR) is 117 cm³/mol. The van der Waals surface area contributed by atoms with Crippen molar-refractivity contribution in [3.8, 4) is 17.9 Å². The first kappa shape index (κ1) is 22.4. The summed E-state index contributed by atoms with van der Waals surface area (Å²) in [6.07, 6.45) is 0.532. The number of nitriles is 2. The van der Waals surface area contributed by atoms with E-state index in [1.165, 1.54) is 0 Å². The van der Waals surface area contributed by atoms with Crippen LogP contribution in [0, 0.1) is 22.7 Å². The number of pyridine rings is 1. The average molecular weight is 438 g/mol. The van der Waals surface area contributed by atoms with Crippen molar-refractivity contribution < 1.29 is 14.6 Å². The molecular formula is C22H23N5O3S. The molecule has 1 aliphatic rings. The maximum Gasteiger partial charge on any atom is 0.235 e. The first-order valence-electron chi connectivity index (χ1n) is 9.83. The zero-order valence-electron chi connectivity index (χ0n) is 17.3. The van der Waals surface area contributed by atoms with Gasteiger partial charge in [0.1, 0.15) is 34.0 Å². The van der Waals surface area contributed by atoms with Crippen LogP contribution in [0.25, 0.3) is 0 Å². The Kier molecular flexibility index (Phi) is 7.01. The zero-order valence-corrected chi connectivity index (χ0v) is 18.1. The van der Waals surface area contributed by atoms with Gasteiger partial charge in [-0.2, -0.15) is 10.5 Å². The molecule has 31 heavy (non-hydrogen) atoms. The number of anilines is 1. The molecule has 0 bridgehead atoms. The van der Waals surface area contributed by atoms with Gasteiger partial charge in [-0.3, -0.25) is 4.79 Å². The van der Waals surface area contributed by atoms with Crippen molar-refractivity contribution in [1.29, 1.82) is 10.5 Å². The highest BCUT2D eigenvalue weighted by molar-refractivity contribution is 8.00. The van der Waals surface area contributed by atoms with Gasteiger partial charge in [0.2, 0.25) is 5.91 Å². The van der Waals surface area contributed by atoms with E-state index < -0.39 is 17.3 Å². The topological polar surface area (TPSA) is 136 Å². The third kappa shape index (κ3) is 4.58. The van der Waals surface area contributed by atoms with Gasteiger partial charge in [-0.05, 0) is 36.1 Å². The normalized spacial score (nSPS) is 16.4. The number of β-amino-alcohol motifs (C(OH)–C–C–N with tert-alkyl or cyclic N) is 1.